The average molecular weight is 427 g/mol. The second-order valence-electron chi connectivity index (χ2n) is 9.65. The molecule has 2 nitrogen and oxygen atoms in total. The Morgan fingerprint density at radius 3 is 1.93 bits per heavy atom. The van der Waals surface area contributed by atoms with Crippen molar-refractivity contribution in [3.05, 3.63) is 59.7 Å². The zero-order valence-electron chi connectivity index (χ0n) is 17.7. The Hall–Kier alpha value is -1.16. The second kappa shape index (κ2) is 7.59. The molecule has 0 unspecified atom stereocenters. The fraction of sp³-hybridized carbons (Fsp3) is 0.458. The van der Waals surface area contributed by atoms with Crippen LogP contribution in [0.1, 0.15) is 49.1 Å². The van der Waals surface area contributed by atoms with Crippen LogP contribution in [0.4, 0.5) is 0 Å². The summed E-state index contributed by atoms with van der Waals surface area (Å²) in [6.45, 7) is 3.99. The molecule has 4 heteroatoms. The number of amides is 1. The molecule has 1 saturated carbocycles. The maximum atomic E-state index is 14.0. The third kappa shape index (κ3) is 3.26. The van der Waals surface area contributed by atoms with E-state index in [0.29, 0.717) is 5.91 Å². The summed E-state index contributed by atoms with van der Waals surface area (Å²) in [5.41, 5.74) is 5.12. The number of hydrogen-bond acceptors (Lipinski definition) is 1. The third-order valence-electron chi connectivity index (χ3n) is 7.46. The van der Waals surface area contributed by atoms with Crippen LogP contribution in [0.25, 0.3) is 11.1 Å². The molecule has 0 bridgehead atoms. The SMILES string of the molecule is C[SiH](C)[Ti]([CH3])([CH3])[NH]C(=O)C1(C2c3ccccc3-c3ccccc32)CCCCC1. The van der Waals surface area contributed by atoms with Gasteiger partial charge in [-0.1, -0.05) is 0 Å². The Kier molecular flexibility index (Phi) is 5.45. The first kappa shape index (κ1) is 20.1. The van der Waals surface area contributed by atoms with E-state index in [1.54, 1.807) is 0 Å². The molecule has 2 aliphatic carbocycles. The van der Waals surface area contributed by atoms with Gasteiger partial charge >= 0.3 is 175 Å². The topological polar surface area (TPSA) is 29.1 Å². The molecule has 2 aromatic carbocycles. The predicted molar refractivity (Wildman–Crippen MR) is 118 cm³/mol. The number of rotatable bonds is 4. The number of benzene rings is 2. The molecule has 2 aliphatic rings. The summed E-state index contributed by atoms with van der Waals surface area (Å²) < 4.78 is 3.72. The van der Waals surface area contributed by atoms with E-state index in [4.69, 9.17) is 0 Å². The van der Waals surface area contributed by atoms with Crippen LogP contribution in [0, 0.1) is 5.41 Å². The van der Waals surface area contributed by atoms with Crippen molar-refractivity contribution in [3.63, 3.8) is 0 Å². The van der Waals surface area contributed by atoms with Crippen molar-refractivity contribution in [3.8, 4) is 11.1 Å². The predicted octanol–water partition coefficient (Wildman–Crippen LogP) is 6.01. The summed E-state index contributed by atoms with van der Waals surface area (Å²) in [6, 6.07) is 17.6. The Balaban J connectivity index is 1.84. The zero-order valence-corrected chi connectivity index (χ0v) is 20.4. The van der Waals surface area contributed by atoms with E-state index in [1.165, 1.54) is 41.5 Å². The van der Waals surface area contributed by atoms with E-state index < -0.39 is 22.8 Å². The van der Waals surface area contributed by atoms with Gasteiger partial charge in [-0.05, 0) is 0 Å². The van der Waals surface area contributed by atoms with E-state index in [-0.39, 0.29) is 11.3 Å². The van der Waals surface area contributed by atoms with Gasteiger partial charge in [0.1, 0.15) is 0 Å². The summed E-state index contributed by atoms with van der Waals surface area (Å²) in [5, 5.41) is 4.81. The van der Waals surface area contributed by atoms with Gasteiger partial charge in [-0.25, -0.2) is 0 Å². The molecular weight excluding hydrogens is 394 g/mol. The van der Waals surface area contributed by atoms with Crippen LogP contribution < -0.4 is 3.80 Å². The molecule has 148 valence electrons. The molecule has 0 saturated heterocycles. The summed E-state index contributed by atoms with van der Waals surface area (Å²) in [6.07, 6.45) is 5.63. The van der Waals surface area contributed by atoms with Crippen LogP contribution in [-0.2, 0) is 20.9 Å². The molecular formula is C24H33NOSiTi. The van der Waals surface area contributed by atoms with Crippen molar-refractivity contribution < 1.29 is 20.9 Å². The van der Waals surface area contributed by atoms with Crippen molar-refractivity contribution in [1.82, 2.24) is 3.80 Å². The summed E-state index contributed by atoms with van der Waals surface area (Å²) >= 11 is -2.23. The average Bonchev–Trinajstić information content (AvgIpc) is 3.03. The first-order chi connectivity index (χ1) is 13.4. The summed E-state index contributed by atoms with van der Waals surface area (Å²) in [5.74, 6) is 0.571. The van der Waals surface area contributed by atoms with Crippen molar-refractivity contribution in [2.75, 3.05) is 0 Å². The standard InChI is InChI=1S/C20H21NO.C2H7Si.2CH3.Ti/c21-19(22)20(12-6-1-7-13-20)18-16-10-4-2-8-14(16)15-9-3-5-11-17(15)18;1-3-2;;;/h2-5,8-11,18H,1,6-7,12-13H2,(H2,21,22);3H,1-2H3;2*1H3;/q;;;;+1/p-1. The maximum absolute atomic E-state index is 14.0. The van der Waals surface area contributed by atoms with Gasteiger partial charge in [0.25, 0.3) is 0 Å². The first-order valence-corrected chi connectivity index (χ1v) is 20.4. The molecule has 1 fully saturated rings. The molecule has 1 amide bonds. The van der Waals surface area contributed by atoms with Gasteiger partial charge in [0.05, 0.1) is 0 Å². The van der Waals surface area contributed by atoms with Gasteiger partial charge in [-0.15, -0.1) is 0 Å². The molecule has 28 heavy (non-hydrogen) atoms. The second-order valence-corrected chi connectivity index (χ2v) is 29.1. The van der Waals surface area contributed by atoms with E-state index in [9.17, 15) is 4.79 Å². The number of hydrogen-bond donors (Lipinski definition) is 1. The van der Waals surface area contributed by atoms with Crippen LogP contribution in [0.3, 0.4) is 0 Å². The number of carbonyl (C=O) groups is 1. The van der Waals surface area contributed by atoms with Gasteiger partial charge in [0, 0.05) is 0 Å². The van der Waals surface area contributed by atoms with Gasteiger partial charge in [-0.3, -0.25) is 0 Å². The van der Waals surface area contributed by atoms with Crippen LogP contribution in [0.2, 0.25) is 23.6 Å². The molecule has 0 aliphatic heterocycles. The Morgan fingerprint density at radius 1 is 0.929 bits per heavy atom. The minimum absolute atomic E-state index is 0.201. The normalized spacial score (nSPS) is 18.6. The number of fused-ring (bicyclic) bond motifs is 3. The Bertz CT molecular complexity index is 840. The van der Waals surface area contributed by atoms with E-state index in [2.05, 4.69) is 75.9 Å². The van der Waals surface area contributed by atoms with Crippen molar-refractivity contribution >= 4 is 12.6 Å². The van der Waals surface area contributed by atoms with Crippen molar-refractivity contribution in [1.29, 1.82) is 0 Å². The Labute approximate surface area is 174 Å². The molecule has 1 N–H and O–H groups in total. The van der Waals surface area contributed by atoms with E-state index in [0.717, 1.165) is 12.8 Å². The third-order valence-corrected chi connectivity index (χ3v) is 25.8. The zero-order chi connectivity index (χ0) is 19.9. The van der Waals surface area contributed by atoms with Crippen LogP contribution >= 0.6 is 0 Å². The fourth-order valence-corrected chi connectivity index (χ4v) is 8.63. The minimum atomic E-state index is -2.23. The van der Waals surface area contributed by atoms with E-state index >= 15 is 0 Å². The van der Waals surface area contributed by atoms with Gasteiger partial charge in [0.15, 0.2) is 0 Å². The van der Waals surface area contributed by atoms with Crippen molar-refractivity contribution in [2.45, 2.75) is 61.6 Å². The molecule has 2 aromatic rings. The first-order valence-electron chi connectivity index (χ1n) is 10.9. The summed E-state index contributed by atoms with van der Waals surface area (Å²) in [4.78, 5) is 14.0. The summed E-state index contributed by atoms with van der Waals surface area (Å²) in [7, 11) is 0. The van der Waals surface area contributed by atoms with Crippen LogP contribution in [-0.4, -0.2) is 12.6 Å². The Morgan fingerprint density at radius 2 is 1.43 bits per heavy atom. The molecule has 0 spiro atoms. The van der Waals surface area contributed by atoms with Crippen molar-refractivity contribution in [2.24, 2.45) is 5.41 Å². The molecule has 0 heterocycles. The molecule has 0 atom stereocenters. The molecule has 0 radical (unpaired) electrons. The monoisotopic (exact) mass is 427 g/mol. The number of carbonyl (C=O) groups excluding carboxylic acids is 1. The van der Waals surface area contributed by atoms with Gasteiger partial charge < -0.3 is 0 Å². The van der Waals surface area contributed by atoms with Gasteiger partial charge in [0.2, 0.25) is 0 Å². The fourth-order valence-electron chi connectivity index (χ4n) is 5.14. The van der Waals surface area contributed by atoms with Gasteiger partial charge in [-0.2, -0.15) is 0 Å². The van der Waals surface area contributed by atoms with E-state index in [1.807, 2.05) is 0 Å². The molecule has 0 aromatic heterocycles. The van der Waals surface area contributed by atoms with Crippen LogP contribution in [0.15, 0.2) is 48.5 Å². The molecule has 4 rings (SSSR count). The quantitative estimate of drug-likeness (QED) is 0.595. The number of nitrogens with one attached hydrogen (secondary N) is 1. The van der Waals surface area contributed by atoms with Crippen LogP contribution in [0.5, 0.6) is 0 Å².